The van der Waals surface area contributed by atoms with Crippen LogP contribution in [0.4, 0.5) is 0 Å². The second kappa shape index (κ2) is 6.62. The lowest BCUT2D eigenvalue weighted by molar-refractivity contribution is 0.575. The van der Waals surface area contributed by atoms with Crippen molar-refractivity contribution in [3.8, 4) is 0 Å². The van der Waals surface area contributed by atoms with Crippen LogP contribution in [0.2, 0.25) is 15.1 Å². The molecular weight excluding hydrogens is 301 g/mol. The third-order valence-corrected chi connectivity index (χ3v) is 4.07. The number of halogens is 3. The Kier molecular flexibility index (Phi) is 5.12. The van der Waals surface area contributed by atoms with E-state index < -0.39 is 0 Å². The molecule has 0 radical (unpaired) electrons. The summed E-state index contributed by atoms with van der Waals surface area (Å²) in [6.45, 7) is 2.75. The molecule has 0 aliphatic heterocycles. The summed E-state index contributed by atoms with van der Waals surface area (Å²) in [5.41, 5.74) is 2.13. The lowest BCUT2D eigenvalue weighted by atomic mass is 10.1. The van der Waals surface area contributed by atoms with Crippen molar-refractivity contribution in [3.05, 3.63) is 68.7 Å². The standard InChI is InChI=1S/C15H14Cl3N/c1-10(11-4-2-6-13(16)8-11)19-9-12-5-3-7-14(17)15(12)18/h2-8,10,19H,9H2,1H3/t10-/m1/s1. The quantitative estimate of drug-likeness (QED) is 0.786. The Morgan fingerprint density at radius 1 is 1.05 bits per heavy atom. The van der Waals surface area contributed by atoms with E-state index in [9.17, 15) is 0 Å². The maximum atomic E-state index is 6.15. The summed E-state index contributed by atoms with van der Waals surface area (Å²) < 4.78 is 0. The average Bonchev–Trinajstić information content (AvgIpc) is 2.40. The first-order chi connectivity index (χ1) is 9.08. The zero-order chi connectivity index (χ0) is 13.8. The molecule has 100 valence electrons. The van der Waals surface area contributed by atoms with Crippen LogP contribution in [0.3, 0.4) is 0 Å². The van der Waals surface area contributed by atoms with Crippen molar-refractivity contribution in [2.75, 3.05) is 0 Å². The third kappa shape index (κ3) is 3.87. The molecule has 0 amide bonds. The molecule has 0 fully saturated rings. The Morgan fingerprint density at radius 3 is 2.53 bits per heavy atom. The predicted octanol–water partition coefficient (Wildman–Crippen LogP) is 5.50. The third-order valence-electron chi connectivity index (χ3n) is 2.98. The lowest BCUT2D eigenvalue weighted by Crippen LogP contribution is -2.18. The van der Waals surface area contributed by atoms with Gasteiger partial charge >= 0.3 is 0 Å². The molecule has 0 unspecified atom stereocenters. The van der Waals surface area contributed by atoms with Crippen molar-refractivity contribution in [1.29, 1.82) is 0 Å². The van der Waals surface area contributed by atoms with Crippen molar-refractivity contribution < 1.29 is 0 Å². The van der Waals surface area contributed by atoms with Crippen LogP contribution in [0.5, 0.6) is 0 Å². The van der Waals surface area contributed by atoms with E-state index in [0.717, 1.165) is 16.1 Å². The number of rotatable bonds is 4. The Bertz CT molecular complexity index is 569. The van der Waals surface area contributed by atoms with Gasteiger partial charge in [0.1, 0.15) is 0 Å². The minimum atomic E-state index is 0.189. The number of hydrogen-bond acceptors (Lipinski definition) is 1. The predicted molar refractivity (Wildman–Crippen MR) is 83.2 cm³/mol. The normalized spacial score (nSPS) is 12.4. The molecule has 19 heavy (non-hydrogen) atoms. The molecule has 0 heterocycles. The van der Waals surface area contributed by atoms with Gasteiger partial charge in [0.2, 0.25) is 0 Å². The van der Waals surface area contributed by atoms with E-state index in [1.807, 2.05) is 36.4 Å². The average molecular weight is 315 g/mol. The highest BCUT2D eigenvalue weighted by Gasteiger charge is 2.08. The molecule has 0 bridgehead atoms. The van der Waals surface area contributed by atoms with Crippen LogP contribution in [0.25, 0.3) is 0 Å². The number of hydrogen-bond donors (Lipinski definition) is 1. The van der Waals surface area contributed by atoms with E-state index in [2.05, 4.69) is 12.2 Å². The van der Waals surface area contributed by atoms with Crippen LogP contribution in [-0.4, -0.2) is 0 Å². The molecule has 1 atom stereocenters. The zero-order valence-electron chi connectivity index (χ0n) is 10.5. The second-order valence-electron chi connectivity index (χ2n) is 4.37. The maximum Gasteiger partial charge on any atom is 0.0637 e. The molecule has 0 saturated carbocycles. The van der Waals surface area contributed by atoms with Gasteiger partial charge in [-0.05, 0) is 36.2 Å². The first-order valence-electron chi connectivity index (χ1n) is 5.99. The highest BCUT2D eigenvalue weighted by atomic mass is 35.5. The van der Waals surface area contributed by atoms with Crippen molar-refractivity contribution in [2.24, 2.45) is 0 Å². The van der Waals surface area contributed by atoms with Gasteiger partial charge < -0.3 is 5.32 Å². The van der Waals surface area contributed by atoms with Gasteiger partial charge in [-0.25, -0.2) is 0 Å². The van der Waals surface area contributed by atoms with Crippen molar-refractivity contribution >= 4 is 34.8 Å². The summed E-state index contributed by atoms with van der Waals surface area (Å²) in [6.07, 6.45) is 0. The van der Waals surface area contributed by atoms with E-state index in [4.69, 9.17) is 34.8 Å². The first kappa shape index (κ1) is 14.7. The summed E-state index contributed by atoms with van der Waals surface area (Å²) in [4.78, 5) is 0. The molecule has 1 N–H and O–H groups in total. The summed E-state index contributed by atoms with van der Waals surface area (Å²) in [7, 11) is 0. The lowest BCUT2D eigenvalue weighted by Gasteiger charge is -2.15. The number of benzene rings is 2. The van der Waals surface area contributed by atoms with Crippen LogP contribution < -0.4 is 5.32 Å². The fourth-order valence-corrected chi connectivity index (χ4v) is 2.43. The molecule has 2 aromatic carbocycles. The Hall–Kier alpha value is -0.730. The van der Waals surface area contributed by atoms with Gasteiger partial charge in [-0.15, -0.1) is 0 Å². The Balaban J connectivity index is 2.04. The Labute approximate surface area is 128 Å². The van der Waals surface area contributed by atoms with Crippen LogP contribution in [0.1, 0.15) is 24.1 Å². The molecule has 1 nitrogen and oxygen atoms in total. The summed E-state index contributed by atoms with van der Waals surface area (Å²) in [5.74, 6) is 0. The summed E-state index contributed by atoms with van der Waals surface area (Å²) in [6, 6.07) is 13.7. The fourth-order valence-electron chi connectivity index (χ4n) is 1.84. The molecule has 0 saturated heterocycles. The zero-order valence-corrected chi connectivity index (χ0v) is 12.7. The maximum absolute atomic E-state index is 6.15. The smallest absolute Gasteiger partial charge is 0.0637 e. The van der Waals surface area contributed by atoms with E-state index in [1.165, 1.54) is 0 Å². The molecule has 0 spiro atoms. The van der Waals surface area contributed by atoms with Crippen molar-refractivity contribution in [1.82, 2.24) is 5.32 Å². The largest absolute Gasteiger partial charge is 0.306 e. The van der Waals surface area contributed by atoms with Crippen molar-refractivity contribution in [3.63, 3.8) is 0 Å². The van der Waals surface area contributed by atoms with Crippen LogP contribution in [-0.2, 0) is 6.54 Å². The molecular formula is C15H14Cl3N. The number of nitrogens with one attached hydrogen (secondary N) is 1. The molecule has 2 rings (SSSR count). The second-order valence-corrected chi connectivity index (χ2v) is 5.59. The molecule has 0 aliphatic carbocycles. The van der Waals surface area contributed by atoms with Gasteiger partial charge in [-0.3, -0.25) is 0 Å². The van der Waals surface area contributed by atoms with E-state index >= 15 is 0 Å². The summed E-state index contributed by atoms with van der Waals surface area (Å²) in [5, 5.41) is 5.34. The van der Waals surface area contributed by atoms with Crippen LogP contribution >= 0.6 is 34.8 Å². The molecule has 4 heteroatoms. The highest BCUT2D eigenvalue weighted by molar-refractivity contribution is 6.42. The summed E-state index contributed by atoms with van der Waals surface area (Å²) >= 11 is 18.1. The van der Waals surface area contributed by atoms with E-state index in [-0.39, 0.29) is 6.04 Å². The van der Waals surface area contributed by atoms with Crippen LogP contribution in [0.15, 0.2) is 42.5 Å². The molecule has 0 aromatic heterocycles. The Morgan fingerprint density at radius 2 is 1.79 bits per heavy atom. The monoisotopic (exact) mass is 313 g/mol. The van der Waals surface area contributed by atoms with E-state index in [0.29, 0.717) is 16.6 Å². The van der Waals surface area contributed by atoms with Gasteiger partial charge in [0.05, 0.1) is 10.0 Å². The van der Waals surface area contributed by atoms with Gasteiger partial charge in [0, 0.05) is 17.6 Å². The van der Waals surface area contributed by atoms with Gasteiger partial charge in [0.25, 0.3) is 0 Å². The highest BCUT2D eigenvalue weighted by Crippen LogP contribution is 2.26. The topological polar surface area (TPSA) is 12.0 Å². The SMILES string of the molecule is C[C@@H](NCc1cccc(Cl)c1Cl)c1cccc(Cl)c1. The van der Waals surface area contributed by atoms with E-state index in [1.54, 1.807) is 6.07 Å². The van der Waals surface area contributed by atoms with Gasteiger partial charge in [-0.2, -0.15) is 0 Å². The van der Waals surface area contributed by atoms with Gasteiger partial charge in [0.15, 0.2) is 0 Å². The fraction of sp³-hybridized carbons (Fsp3) is 0.200. The first-order valence-corrected chi connectivity index (χ1v) is 7.13. The van der Waals surface area contributed by atoms with Crippen LogP contribution in [0, 0.1) is 0 Å². The van der Waals surface area contributed by atoms with Crippen molar-refractivity contribution in [2.45, 2.75) is 19.5 Å². The van der Waals surface area contributed by atoms with Gasteiger partial charge in [-0.1, -0.05) is 59.1 Å². The molecule has 0 aliphatic rings. The minimum Gasteiger partial charge on any atom is -0.306 e. The minimum absolute atomic E-state index is 0.189. The molecule has 2 aromatic rings.